The lowest BCUT2D eigenvalue weighted by Crippen LogP contribution is -2.41. The molecule has 0 spiro atoms. The van der Waals surface area contributed by atoms with Crippen LogP contribution >= 0.6 is 0 Å². The van der Waals surface area contributed by atoms with Gasteiger partial charge < -0.3 is 16.0 Å². The molecule has 0 bridgehead atoms. The number of amides is 1. The molecule has 0 heterocycles. The highest BCUT2D eigenvalue weighted by atomic mass is 16.1. The molecule has 0 aromatic rings. The second kappa shape index (κ2) is 6.08. The first-order chi connectivity index (χ1) is 7.13. The fourth-order valence-corrected chi connectivity index (χ4v) is 2.19. The van der Waals surface area contributed by atoms with Crippen LogP contribution in [0.1, 0.15) is 32.1 Å². The van der Waals surface area contributed by atoms with Crippen molar-refractivity contribution < 1.29 is 4.79 Å². The Kier molecular flexibility index (Phi) is 5.05. The van der Waals surface area contributed by atoms with Crippen LogP contribution in [-0.2, 0) is 4.79 Å². The lowest BCUT2D eigenvalue weighted by atomic mass is 9.91. The molecule has 0 aromatic heterocycles. The van der Waals surface area contributed by atoms with Crippen molar-refractivity contribution in [3.05, 3.63) is 0 Å². The van der Waals surface area contributed by atoms with E-state index in [1.807, 2.05) is 0 Å². The zero-order chi connectivity index (χ0) is 11.3. The van der Waals surface area contributed by atoms with Crippen LogP contribution in [-0.4, -0.2) is 43.5 Å². The minimum absolute atomic E-state index is 0.113. The fourth-order valence-electron chi connectivity index (χ4n) is 2.19. The average molecular weight is 213 g/mol. The molecule has 1 amide bonds. The summed E-state index contributed by atoms with van der Waals surface area (Å²) in [7, 11) is 3.77. The Labute approximate surface area is 92.2 Å². The molecule has 0 radical (unpaired) electrons. The van der Waals surface area contributed by atoms with Crippen LogP contribution in [0.25, 0.3) is 0 Å². The maximum Gasteiger partial charge on any atom is 0.221 e. The summed E-state index contributed by atoms with van der Waals surface area (Å²) in [6, 6.07) is 0.921. The largest absolute Gasteiger partial charge is 0.359 e. The van der Waals surface area contributed by atoms with Gasteiger partial charge in [0.25, 0.3) is 0 Å². The van der Waals surface area contributed by atoms with Crippen LogP contribution < -0.4 is 11.1 Å². The van der Waals surface area contributed by atoms with E-state index in [0.29, 0.717) is 18.5 Å². The normalized spacial score (nSPS) is 26.7. The molecule has 88 valence electrons. The lowest BCUT2D eigenvalue weighted by Gasteiger charge is -2.33. The Morgan fingerprint density at radius 3 is 2.87 bits per heavy atom. The summed E-state index contributed by atoms with van der Waals surface area (Å²) < 4.78 is 0. The van der Waals surface area contributed by atoms with Crippen LogP contribution in [0, 0.1) is 0 Å². The van der Waals surface area contributed by atoms with E-state index < -0.39 is 0 Å². The minimum Gasteiger partial charge on any atom is -0.359 e. The monoisotopic (exact) mass is 213 g/mol. The van der Waals surface area contributed by atoms with Crippen molar-refractivity contribution >= 4 is 5.91 Å². The number of hydrogen-bond donors (Lipinski definition) is 2. The topological polar surface area (TPSA) is 58.4 Å². The number of carbonyl (C=O) groups excluding carboxylic acids is 1. The van der Waals surface area contributed by atoms with Gasteiger partial charge in [-0.2, -0.15) is 0 Å². The second-order valence-electron chi connectivity index (χ2n) is 4.48. The standard InChI is InChI=1S/C11H23N3O/c1-13-11(15)6-7-14(2)10-5-3-4-9(12)8-10/h9-10H,3-8,12H2,1-2H3,(H,13,15). The third-order valence-electron chi connectivity index (χ3n) is 3.28. The van der Waals surface area contributed by atoms with Gasteiger partial charge in [0.1, 0.15) is 0 Å². The van der Waals surface area contributed by atoms with E-state index in [1.165, 1.54) is 12.8 Å². The Morgan fingerprint density at radius 1 is 1.53 bits per heavy atom. The predicted octanol–water partition coefficient (Wildman–Crippen LogP) is 0.324. The van der Waals surface area contributed by atoms with E-state index in [1.54, 1.807) is 7.05 Å². The second-order valence-corrected chi connectivity index (χ2v) is 4.48. The lowest BCUT2D eigenvalue weighted by molar-refractivity contribution is -0.121. The zero-order valence-electron chi connectivity index (χ0n) is 9.83. The first kappa shape index (κ1) is 12.5. The summed E-state index contributed by atoms with van der Waals surface area (Å²) in [6.45, 7) is 0.830. The summed E-state index contributed by atoms with van der Waals surface area (Å²) in [5.41, 5.74) is 5.94. The van der Waals surface area contributed by atoms with Crippen molar-refractivity contribution in [1.29, 1.82) is 0 Å². The van der Waals surface area contributed by atoms with Gasteiger partial charge >= 0.3 is 0 Å². The molecule has 1 aliphatic carbocycles. The molecule has 0 saturated heterocycles. The molecule has 4 heteroatoms. The number of rotatable bonds is 4. The van der Waals surface area contributed by atoms with Gasteiger partial charge in [0, 0.05) is 32.1 Å². The number of hydrogen-bond acceptors (Lipinski definition) is 3. The van der Waals surface area contributed by atoms with E-state index in [9.17, 15) is 4.79 Å². The highest BCUT2D eigenvalue weighted by Gasteiger charge is 2.22. The van der Waals surface area contributed by atoms with Crippen molar-refractivity contribution in [3.63, 3.8) is 0 Å². The Morgan fingerprint density at radius 2 is 2.27 bits per heavy atom. The molecule has 0 aliphatic heterocycles. The van der Waals surface area contributed by atoms with Gasteiger partial charge in [-0.05, 0) is 26.3 Å². The summed E-state index contributed by atoms with van der Waals surface area (Å²) >= 11 is 0. The fraction of sp³-hybridized carbons (Fsp3) is 0.909. The molecule has 1 saturated carbocycles. The molecule has 1 fully saturated rings. The van der Waals surface area contributed by atoms with Crippen LogP contribution in [0.3, 0.4) is 0 Å². The van der Waals surface area contributed by atoms with Crippen molar-refractivity contribution in [2.24, 2.45) is 5.73 Å². The van der Waals surface area contributed by atoms with Gasteiger partial charge in [-0.1, -0.05) is 6.42 Å². The number of carbonyl (C=O) groups is 1. The first-order valence-electron chi connectivity index (χ1n) is 5.80. The highest BCUT2D eigenvalue weighted by molar-refractivity contribution is 5.75. The number of nitrogens with two attached hydrogens (primary N) is 1. The maximum atomic E-state index is 11.1. The zero-order valence-corrected chi connectivity index (χ0v) is 9.83. The van der Waals surface area contributed by atoms with Crippen molar-refractivity contribution in [2.45, 2.75) is 44.2 Å². The van der Waals surface area contributed by atoms with Gasteiger partial charge in [0.15, 0.2) is 0 Å². The Hall–Kier alpha value is -0.610. The first-order valence-corrected chi connectivity index (χ1v) is 5.80. The Balaban J connectivity index is 2.26. The van der Waals surface area contributed by atoms with Crippen LogP contribution in [0.15, 0.2) is 0 Å². The predicted molar refractivity (Wildman–Crippen MR) is 61.5 cm³/mol. The van der Waals surface area contributed by atoms with Gasteiger partial charge in [0.2, 0.25) is 5.91 Å². The summed E-state index contributed by atoms with van der Waals surface area (Å²) in [4.78, 5) is 13.4. The van der Waals surface area contributed by atoms with E-state index >= 15 is 0 Å². The molecule has 1 rings (SSSR count). The third-order valence-corrected chi connectivity index (χ3v) is 3.28. The molecule has 2 atom stereocenters. The van der Waals surface area contributed by atoms with Crippen LogP contribution in [0.2, 0.25) is 0 Å². The van der Waals surface area contributed by atoms with Gasteiger partial charge in [0.05, 0.1) is 0 Å². The third kappa shape index (κ3) is 4.18. The highest BCUT2D eigenvalue weighted by Crippen LogP contribution is 2.20. The molecule has 1 aliphatic rings. The molecular formula is C11H23N3O. The molecule has 0 aromatic carbocycles. The summed E-state index contributed by atoms with van der Waals surface area (Å²) in [5.74, 6) is 0.113. The molecule has 15 heavy (non-hydrogen) atoms. The van der Waals surface area contributed by atoms with Crippen LogP contribution in [0.5, 0.6) is 0 Å². The molecule has 4 nitrogen and oxygen atoms in total. The number of nitrogens with zero attached hydrogens (tertiary/aromatic N) is 1. The SMILES string of the molecule is CNC(=O)CCN(C)C1CCCC(N)C1. The van der Waals surface area contributed by atoms with E-state index in [0.717, 1.165) is 19.4 Å². The quantitative estimate of drug-likeness (QED) is 0.707. The maximum absolute atomic E-state index is 11.1. The van der Waals surface area contributed by atoms with Gasteiger partial charge in [-0.3, -0.25) is 4.79 Å². The molecule has 3 N–H and O–H groups in total. The Bertz CT molecular complexity index is 208. The van der Waals surface area contributed by atoms with Crippen molar-refractivity contribution in [3.8, 4) is 0 Å². The molecule has 2 unspecified atom stereocenters. The summed E-state index contributed by atoms with van der Waals surface area (Å²) in [6.07, 6.45) is 5.25. The van der Waals surface area contributed by atoms with E-state index in [2.05, 4.69) is 17.3 Å². The van der Waals surface area contributed by atoms with Gasteiger partial charge in [-0.25, -0.2) is 0 Å². The van der Waals surface area contributed by atoms with Crippen molar-refractivity contribution in [1.82, 2.24) is 10.2 Å². The van der Waals surface area contributed by atoms with Crippen molar-refractivity contribution in [2.75, 3.05) is 20.6 Å². The van der Waals surface area contributed by atoms with E-state index in [-0.39, 0.29) is 5.91 Å². The average Bonchev–Trinajstić information content (AvgIpc) is 2.25. The summed E-state index contributed by atoms with van der Waals surface area (Å²) in [5, 5.41) is 2.64. The minimum atomic E-state index is 0.113. The number of nitrogens with one attached hydrogen (secondary N) is 1. The van der Waals surface area contributed by atoms with E-state index in [4.69, 9.17) is 5.73 Å². The smallest absolute Gasteiger partial charge is 0.221 e. The van der Waals surface area contributed by atoms with Crippen LogP contribution in [0.4, 0.5) is 0 Å². The van der Waals surface area contributed by atoms with Gasteiger partial charge in [-0.15, -0.1) is 0 Å². The molecular weight excluding hydrogens is 190 g/mol.